The number of pyridine rings is 1. The van der Waals surface area contributed by atoms with Crippen LogP contribution in [0.5, 0.6) is 0 Å². The van der Waals surface area contributed by atoms with Gasteiger partial charge in [0.15, 0.2) is 0 Å². The number of fused-ring (bicyclic) bond motifs is 1. The van der Waals surface area contributed by atoms with Gasteiger partial charge in [0.25, 0.3) is 0 Å². The highest BCUT2D eigenvalue weighted by molar-refractivity contribution is 6.35. The number of carbonyl (C=O) groups is 1. The summed E-state index contributed by atoms with van der Waals surface area (Å²) in [5.74, 6) is -0.411. The minimum atomic E-state index is -0.821. The first-order chi connectivity index (χ1) is 10.1. The highest BCUT2D eigenvalue weighted by Crippen LogP contribution is 2.27. The number of aliphatic hydroxyl groups is 1. The van der Waals surface area contributed by atoms with Crippen molar-refractivity contribution in [3.8, 4) is 0 Å². The minimum Gasteiger partial charge on any atom is -0.466 e. The summed E-state index contributed by atoms with van der Waals surface area (Å²) in [5, 5.41) is 14.4. The SMILES string of the molecule is CCOC(=O)CC(O)CNc1ccc(Cl)c2cccnc12. The van der Waals surface area contributed by atoms with Crippen molar-refractivity contribution in [2.45, 2.75) is 19.4 Å². The Bertz CT molecular complexity index is 633. The largest absolute Gasteiger partial charge is 0.466 e. The van der Waals surface area contributed by atoms with Crippen LogP contribution in [0.1, 0.15) is 13.3 Å². The molecule has 21 heavy (non-hydrogen) atoms. The van der Waals surface area contributed by atoms with Gasteiger partial charge in [-0.3, -0.25) is 9.78 Å². The van der Waals surface area contributed by atoms with Gasteiger partial charge in [0.05, 0.1) is 35.4 Å². The molecular formula is C15H17ClN2O3. The molecule has 5 nitrogen and oxygen atoms in total. The van der Waals surface area contributed by atoms with Gasteiger partial charge in [-0.05, 0) is 31.2 Å². The first kappa shape index (κ1) is 15.5. The fourth-order valence-corrected chi connectivity index (χ4v) is 2.21. The molecule has 0 aliphatic carbocycles. The van der Waals surface area contributed by atoms with E-state index in [4.69, 9.17) is 16.3 Å². The van der Waals surface area contributed by atoms with Crippen LogP contribution in [0.15, 0.2) is 30.5 Å². The standard InChI is InChI=1S/C15H17ClN2O3/c1-2-21-14(20)8-10(19)9-18-13-6-5-12(16)11-4-3-7-17-15(11)13/h3-7,10,18-19H,2,8-9H2,1H3. The number of aliphatic hydroxyl groups excluding tert-OH is 1. The van der Waals surface area contributed by atoms with E-state index in [0.29, 0.717) is 11.6 Å². The molecule has 1 aromatic heterocycles. The zero-order chi connectivity index (χ0) is 15.2. The summed E-state index contributed by atoms with van der Waals surface area (Å²) >= 11 is 6.12. The van der Waals surface area contributed by atoms with E-state index in [9.17, 15) is 9.90 Å². The van der Waals surface area contributed by atoms with E-state index < -0.39 is 12.1 Å². The highest BCUT2D eigenvalue weighted by Gasteiger charge is 2.12. The van der Waals surface area contributed by atoms with E-state index in [1.54, 1.807) is 25.3 Å². The molecule has 0 spiro atoms. The highest BCUT2D eigenvalue weighted by atomic mass is 35.5. The lowest BCUT2D eigenvalue weighted by molar-refractivity contribution is -0.145. The van der Waals surface area contributed by atoms with Gasteiger partial charge >= 0.3 is 5.97 Å². The zero-order valence-electron chi connectivity index (χ0n) is 11.7. The second-order valence-electron chi connectivity index (χ2n) is 4.54. The van der Waals surface area contributed by atoms with Crippen molar-refractivity contribution in [3.05, 3.63) is 35.5 Å². The normalized spacial score (nSPS) is 12.1. The number of anilines is 1. The van der Waals surface area contributed by atoms with Gasteiger partial charge < -0.3 is 15.2 Å². The van der Waals surface area contributed by atoms with Crippen molar-refractivity contribution in [2.75, 3.05) is 18.5 Å². The lowest BCUT2D eigenvalue weighted by Gasteiger charge is -2.13. The molecule has 1 atom stereocenters. The summed E-state index contributed by atoms with van der Waals surface area (Å²) in [6, 6.07) is 7.26. The van der Waals surface area contributed by atoms with Crippen LogP contribution in [-0.4, -0.2) is 35.3 Å². The second-order valence-corrected chi connectivity index (χ2v) is 4.95. The van der Waals surface area contributed by atoms with Crippen LogP contribution in [-0.2, 0) is 9.53 Å². The molecule has 2 N–H and O–H groups in total. The Hall–Kier alpha value is -1.85. The Morgan fingerprint density at radius 1 is 1.48 bits per heavy atom. The van der Waals surface area contributed by atoms with Crippen molar-refractivity contribution in [1.29, 1.82) is 0 Å². The van der Waals surface area contributed by atoms with Crippen molar-refractivity contribution in [3.63, 3.8) is 0 Å². The summed E-state index contributed by atoms with van der Waals surface area (Å²) in [6.07, 6.45) is 0.817. The van der Waals surface area contributed by atoms with Gasteiger partial charge in [-0.25, -0.2) is 0 Å². The first-order valence-corrected chi connectivity index (χ1v) is 7.10. The first-order valence-electron chi connectivity index (χ1n) is 6.72. The Balaban J connectivity index is 2.04. The molecule has 2 rings (SSSR count). The Labute approximate surface area is 127 Å². The Kier molecular flexibility index (Phi) is 5.36. The summed E-state index contributed by atoms with van der Waals surface area (Å²) in [7, 11) is 0. The van der Waals surface area contributed by atoms with E-state index in [0.717, 1.165) is 16.6 Å². The van der Waals surface area contributed by atoms with Gasteiger partial charge in [-0.2, -0.15) is 0 Å². The average Bonchev–Trinajstić information content (AvgIpc) is 2.47. The van der Waals surface area contributed by atoms with Gasteiger partial charge in [0.2, 0.25) is 0 Å². The summed E-state index contributed by atoms with van der Waals surface area (Å²) in [5.41, 5.74) is 1.49. The van der Waals surface area contributed by atoms with Gasteiger partial charge in [0.1, 0.15) is 0 Å². The lowest BCUT2D eigenvalue weighted by Crippen LogP contribution is -2.24. The molecule has 0 aliphatic rings. The molecule has 0 saturated heterocycles. The third-order valence-electron chi connectivity index (χ3n) is 2.95. The van der Waals surface area contributed by atoms with Crippen molar-refractivity contribution in [2.24, 2.45) is 0 Å². The number of ether oxygens (including phenoxy) is 1. The number of carbonyl (C=O) groups excluding carboxylic acids is 1. The number of hydrogen-bond acceptors (Lipinski definition) is 5. The molecule has 1 aromatic carbocycles. The number of benzene rings is 1. The van der Waals surface area contributed by atoms with Crippen molar-refractivity contribution in [1.82, 2.24) is 4.98 Å². The smallest absolute Gasteiger partial charge is 0.308 e. The Morgan fingerprint density at radius 3 is 3.05 bits per heavy atom. The van der Waals surface area contributed by atoms with Crippen LogP contribution in [0.3, 0.4) is 0 Å². The summed E-state index contributed by atoms with van der Waals surface area (Å²) in [4.78, 5) is 15.6. The average molecular weight is 309 g/mol. The fraction of sp³-hybridized carbons (Fsp3) is 0.333. The number of esters is 1. The fourth-order valence-electron chi connectivity index (χ4n) is 1.99. The van der Waals surface area contributed by atoms with E-state index in [-0.39, 0.29) is 13.0 Å². The molecule has 1 unspecified atom stereocenters. The molecule has 0 aliphatic heterocycles. The van der Waals surface area contributed by atoms with Gasteiger partial charge in [-0.1, -0.05) is 11.6 Å². The van der Waals surface area contributed by atoms with Crippen LogP contribution in [0.25, 0.3) is 10.9 Å². The Morgan fingerprint density at radius 2 is 2.29 bits per heavy atom. The van der Waals surface area contributed by atoms with E-state index in [2.05, 4.69) is 10.3 Å². The molecule has 0 bridgehead atoms. The molecular weight excluding hydrogens is 292 g/mol. The molecule has 0 amide bonds. The minimum absolute atomic E-state index is 0.0419. The topological polar surface area (TPSA) is 71.5 Å². The number of nitrogens with one attached hydrogen (secondary N) is 1. The van der Waals surface area contributed by atoms with Crippen LogP contribution in [0.2, 0.25) is 5.02 Å². The predicted molar refractivity (Wildman–Crippen MR) is 82.5 cm³/mol. The molecule has 0 saturated carbocycles. The molecule has 0 fully saturated rings. The van der Waals surface area contributed by atoms with Crippen molar-refractivity contribution < 1.29 is 14.6 Å². The molecule has 2 aromatic rings. The van der Waals surface area contributed by atoms with E-state index in [1.165, 1.54) is 0 Å². The third-order valence-corrected chi connectivity index (χ3v) is 3.28. The van der Waals surface area contributed by atoms with Crippen LogP contribution >= 0.6 is 11.6 Å². The number of hydrogen-bond donors (Lipinski definition) is 2. The summed E-state index contributed by atoms with van der Waals surface area (Å²) in [6.45, 7) is 2.27. The molecule has 1 heterocycles. The zero-order valence-corrected chi connectivity index (χ0v) is 12.4. The van der Waals surface area contributed by atoms with Gasteiger partial charge in [-0.15, -0.1) is 0 Å². The monoisotopic (exact) mass is 308 g/mol. The maximum Gasteiger partial charge on any atom is 0.308 e. The van der Waals surface area contributed by atoms with Crippen LogP contribution in [0, 0.1) is 0 Å². The maximum atomic E-state index is 11.3. The number of rotatable bonds is 6. The van der Waals surface area contributed by atoms with E-state index in [1.807, 2.05) is 12.1 Å². The number of nitrogens with zero attached hydrogens (tertiary/aromatic N) is 1. The number of halogens is 1. The lowest BCUT2D eigenvalue weighted by atomic mass is 10.2. The predicted octanol–water partition coefficient (Wildman–Crippen LogP) is 2.61. The van der Waals surface area contributed by atoms with Crippen LogP contribution in [0.4, 0.5) is 5.69 Å². The molecule has 0 radical (unpaired) electrons. The van der Waals surface area contributed by atoms with Crippen molar-refractivity contribution >= 4 is 34.2 Å². The van der Waals surface area contributed by atoms with Crippen LogP contribution < -0.4 is 5.32 Å². The second kappa shape index (κ2) is 7.24. The van der Waals surface area contributed by atoms with Gasteiger partial charge in [0, 0.05) is 18.1 Å². The maximum absolute atomic E-state index is 11.3. The third kappa shape index (κ3) is 4.06. The molecule has 6 heteroatoms. The summed E-state index contributed by atoms with van der Waals surface area (Å²) < 4.78 is 4.79. The number of aromatic nitrogens is 1. The van der Waals surface area contributed by atoms with E-state index >= 15 is 0 Å². The molecule has 112 valence electrons. The quantitative estimate of drug-likeness (QED) is 0.803.